The number of hydrogen-bond donors (Lipinski definition) is 1. The molecule has 1 heterocycles. The van der Waals surface area contributed by atoms with Crippen molar-refractivity contribution in [2.75, 3.05) is 39.4 Å². The highest BCUT2D eigenvalue weighted by molar-refractivity contribution is 4.92. The first-order valence-electron chi connectivity index (χ1n) is 8.83. The third-order valence-corrected chi connectivity index (χ3v) is 5.06. The Kier molecular flexibility index (Phi) is 5.00. The summed E-state index contributed by atoms with van der Waals surface area (Å²) in [5.74, 6) is 1.000. The van der Waals surface area contributed by atoms with Gasteiger partial charge < -0.3 is 15.0 Å². The van der Waals surface area contributed by atoms with Crippen LogP contribution in [0.2, 0.25) is 0 Å². The normalized spacial score (nSPS) is 30.9. The molecule has 1 N–H and O–H groups in total. The van der Waals surface area contributed by atoms with Crippen LogP contribution in [-0.4, -0.2) is 50.3 Å². The lowest BCUT2D eigenvalue weighted by molar-refractivity contribution is -0.0270. The Bertz CT molecular complexity index is 293. The van der Waals surface area contributed by atoms with E-state index < -0.39 is 0 Å². The lowest BCUT2D eigenvalue weighted by Crippen LogP contribution is -2.50. The van der Waals surface area contributed by atoms with Gasteiger partial charge in [0, 0.05) is 37.7 Å². The molecule has 1 aliphatic heterocycles. The first-order valence-corrected chi connectivity index (χ1v) is 8.83. The SMILES string of the molecule is CCCN(CC1CC1)CC1(CNC2CC2)CCCOC1. The molecule has 1 atom stereocenters. The van der Waals surface area contributed by atoms with Gasteiger partial charge in [-0.1, -0.05) is 6.92 Å². The summed E-state index contributed by atoms with van der Waals surface area (Å²) in [5.41, 5.74) is 0.380. The Hall–Kier alpha value is -0.120. The lowest BCUT2D eigenvalue weighted by Gasteiger charge is -2.41. The smallest absolute Gasteiger partial charge is 0.0546 e. The summed E-state index contributed by atoms with van der Waals surface area (Å²) in [6.45, 7) is 9.27. The average molecular weight is 280 g/mol. The summed E-state index contributed by atoms with van der Waals surface area (Å²) in [6, 6.07) is 0.817. The summed E-state index contributed by atoms with van der Waals surface area (Å²) >= 11 is 0. The Morgan fingerprint density at radius 3 is 2.70 bits per heavy atom. The topological polar surface area (TPSA) is 24.5 Å². The van der Waals surface area contributed by atoms with E-state index in [0.29, 0.717) is 5.41 Å². The highest BCUT2D eigenvalue weighted by Crippen LogP contribution is 2.34. The van der Waals surface area contributed by atoms with Crippen LogP contribution in [0.25, 0.3) is 0 Å². The van der Waals surface area contributed by atoms with Crippen molar-refractivity contribution < 1.29 is 4.74 Å². The van der Waals surface area contributed by atoms with Crippen molar-refractivity contribution in [1.82, 2.24) is 10.2 Å². The predicted molar refractivity (Wildman–Crippen MR) is 83.0 cm³/mol. The third kappa shape index (κ3) is 4.44. The molecule has 20 heavy (non-hydrogen) atoms. The van der Waals surface area contributed by atoms with Crippen LogP contribution in [0.5, 0.6) is 0 Å². The van der Waals surface area contributed by atoms with Gasteiger partial charge in [-0.2, -0.15) is 0 Å². The molecule has 0 amide bonds. The van der Waals surface area contributed by atoms with Crippen LogP contribution in [0.4, 0.5) is 0 Å². The van der Waals surface area contributed by atoms with Gasteiger partial charge in [0.2, 0.25) is 0 Å². The first-order chi connectivity index (χ1) is 9.80. The zero-order valence-corrected chi connectivity index (χ0v) is 13.2. The first kappa shape index (κ1) is 14.8. The molecular weight excluding hydrogens is 248 g/mol. The Morgan fingerprint density at radius 1 is 1.25 bits per heavy atom. The van der Waals surface area contributed by atoms with Gasteiger partial charge in [0.1, 0.15) is 0 Å². The molecule has 0 spiro atoms. The number of nitrogens with one attached hydrogen (secondary N) is 1. The van der Waals surface area contributed by atoms with E-state index in [0.717, 1.165) is 25.2 Å². The molecule has 0 aromatic heterocycles. The molecule has 0 aromatic rings. The maximum absolute atomic E-state index is 5.87. The molecule has 3 nitrogen and oxygen atoms in total. The van der Waals surface area contributed by atoms with Gasteiger partial charge in [0.25, 0.3) is 0 Å². The van der Waals surface area contributed by atoms with E-state index in [4.69, 9.17) is 4.74 Å². The van der Waals surface area contributed by atoms with Crippen LogP contribution < -0.4 is 5.32 Å². The van der Waals surface area contributed by atoms with Crippen molar-refractivity contribution in [2.24, 2.45) is 11.3 Å². The predicted octanol–water partition coefficient (Wildman–Crippen LogP) is 2.66. The molecule has 1 unspecified atom stereocenters. The monoisotopic (exact) mass is 280 g/mol. The van der Waals surface area contributed by atoms with Gasteiger partial charge >= 0.3 is 0 Å². The van der Waals surface area contributed by atoms with Crippen molar-refractivity contribution in [3.8, 4) is 0 Å². The Balaban J connectivity index is 1.56. The van der Waals surface area contributed by atoms with E-state index in [1.165, 1.54) is 71.1 Å². The van der Waals surface area contributed by atoms with Crippen LogP contribution >= 0.6 is 0 Å². The molecule has 2 saturated carbocycles. The van der Waals surface area contributed by atoms with E-state index in [1.54, 1.807) is 0 Å². The van der Waals surface area contributed by atoms with E-state index >= 15 is 0 Å². The molecule has 3 aliphatic rings. The minimum absolute atomic E-state index is 0.380. The van der Waals surface area contributed by atoms with Gasteiger partial charge in [0.15, 0.2) is 0 Å². The molecule has 116 valence electrons. The molecule has 0 aromatic carbocycles. The molecule has 0 radical (unpaired) electrons. The number of ether oxygens (including phenoxy) is 1. The average Bonchev–Trinajstić information content (AvgIpc) is 3.33. The Morgan fingerprint density at radius 2 is 2.10 bits per heavy atom. The van der Waals surface area contributed by atoms with Crippen molar-refractivity contribution in [3.63, 3.8) is 0 Å². The van der Waals surface area contributed by atoms with Gasteiger partial charge in [0.05, 0.1) is 6.61 Å². The molecule has 3 rings (SSSR count). The zero-order chi connectivity index (χ0) is 13.8. The maximum atomic E-state index is 5.87. The standard InChI is InChI=1S/C17H32N2O/c1-2-9-19(11-15-4-5-15)13-17(8-3-10-20-14-17)12-18-16-6-7-16/h15-16,18H,2-14H2,1H3. The van der Waals surface area contributed by atoms with Gasteiger partial charge in [-0.05, 0) is 57.4 Å². The number of hydrogen-bond acceptors (Lipinski definition) is 3. The second-order valence-corrected chi connectivity index (χ2v) is 7.49. The quantitative estimate of drug-likeness (QED) is 0.703. The van der Waals surface area contributed by atoms with Crippen molar-refractivity contribution in [2.45, 2.75) is 57.9 Å². The van der Waals surface area contributed by atoms with Crippen LogP contribution in [0, 0.1) is 11.3 Å². The van der Waals surface area contributed by atoms with E-state index in [1.807, 2.05) is 0 Å². The largest absolute Gasteiger partial charge is 0.381 e. The summed E-state index contributed by atoms with van der Waals surface area (Å²) < 4.78 is 5.87. The Labute approximate surface area is 124 Å². The highest BCUT2D eigenvalue weighted by atomic mass is 16.5. The molecule has 3 heteroatoms. The van der Waals surface area contributed by atoms with Crippen molar-refractivity contribution >= 4 is 0 Å². The summed E-state index contributed by atoms with van der Waals surface area (Å²) in [7, 11) is 0. The highest BCUT2D eigenvalue weighted by Gasteiger charge is 2.37. The van der Waals surface area contributed by atoms with Gasteiger partial charge in [-0.25, -0.2) is 0 Å². The zero-order valence-electron chi connectivity index (χ0n) is 13.2. The van der Waals surface area contributed by atoms with Crippen LogP contribution in [0.3, 0.4) is 0 Å². The number of nitrogens with zero attached hydrogens (tertiary/aromatic N) is 1. The van der Waals surface area contributed by atoms with E-state index in [2.05, 4.69) is 17.1 Å². The molecule has 2 aliphatic carbocycles. The fraction of sp³-hybridized carbons (Fsp3) is 1.00. The van der Waals surface area contributed by atoms with Gasteiger partial charge in [-0.3, -0.25) is 0 Å². The minimum atomic E-state index is 0.380. The lowest BCUT2D eigenvalue weighted by atomic mass is 9.81. The van der Waals surface area contributed by atoms with Crippen LogP contribution in [0.1, 0.15) is 51.9 Å². The number of rotatable bonds is 9. The summed E-state index contributed by atoms with van der Waals surface area (Å²) in [6.07, 6.45) is 9.57. The fourth-order valence-electron chi connectivity index (χ4n) is 3.57. The van der Waals surface area contributed by atoms with E-state index in [-0.39, 0.29) is 0 Å². The summed E-state index contributed by atoms with van der Waals surface area (Å²) in [5, 5.41) is 3.78. The molecule has 0 bridgehead atoms. The second-order valence-electron chi connectivity index (χ2n) is 7.49. The van der Waals surface area contributed by atoms with E-state index in [9.17, 15) is 0 Å². The molecule has 1 saturated heterocycles. The molecule has 3 fully saturated rings. The van der Waals surface area contributed by atoms with Crippen LogP contribution in [0.15, 0.2) is 0 Å². The van der Waals surface area contributed by atoms with Crippen LogP contribution in [-0.2, 0) is 4.74 Å². The fourth-order valence-corrected chi connectivity index (χ4v) is 3.57. The third-order valence-electron chi connectivity index (χ3n) is 5.06. The maximum Gasteiger partial charge on any atom is 0.0546 e. The van der Waals surface area contributed by atoms with Crippen molar-refractivity contribution in [1.29, 1.82) is 0 Å². The minimum Gasteiger partial charge on any atom is -0.381 e. The molecular formula is C17H32N2O. The van der Waals surface area contributed by atoms with Crippen molar-refractivity contribution in [3.05, 3.63) is 0 Å². The summed E-state index contributed by atoms with van der Waals surface area (Å²) in [4.78, 5) is 2.74. The second kappa shape index (κ2) is 6.76. The van der Waals surface area contributed by atoms with Gasteiger partial charge in [-0.15, -0.1) is 0 Å².